The second-order valence-corrected chi connectivity index (χ2v) is 5.66. The monoisotopic (exact) mass is 250 g/mol. The van der Waals surface area contributed by atoms with Crippen LogP contribution in [-0.2, 0) is 6.42 Å². The molecule has 1 aromatic heterocycles. The standard InChI is InChI=1S/C13H22N4O/c1-16-7-3-4-10(8-16)13-14-12-6-2-5-11(9-18)17(12)15-13/h10-11,18H,2-9H2,1H3. The Kier molecular flexibility index (Phi) is 3.35. The Labute approximate surface area is 108 Å². The molecule has 5 nitrogen and oxygen atoms in total. The number of likely N-dealkylation sites (tertiary alicyclic amines) is 1. The van der Waals surface area contributed by atoms with Crippen molar-refractivity contribution in [2.75, 3.05) is 26.7 Å². The van der Waals surface area contributed by atoms with Gasteiger partial charge in [0, 0.05) is 18.9 Å². The molecule has 1 N–H and O–H groups in total. The van der Waals surface area contributed by atoms with Crippen molar-refractivity contribution in [1.29, 1.82) is 0 Å². The van der Waals surface area contributed by atoms with Crippen molar-refractivity contribution in [2.24, 2.45) is 0 Å². The average Bonchev–Trinajstić information content (AvgIpc) is 2.82. The number of aromatic nitrogens is 3. The minimum Gasteiger partial charge on any atom is -0.394 e. The van der Waals surface area contributed by atoms with Crippen LogP contribution in [0.2, 0.25) is 0 Å². The smallest absolute Gasteiger partial charge is 0.155 e. The average molecular weight is 250 g/mol. The summed E-state index contributed by atoms with van der Waals surface area (Å²) in [6.45, 7) is 2.43. The topological polar surface area (TPSA) is 54.2 Å². The van der Waals surface area contributed by atoms with Crippen LogP contribution >= 0.6 is 0 Å². The van der Waals surface area contributed by atoms with Crippen LogP contribution in [-0.4, -0.2) is 51.5 Å². The summed E-state index contributed by atoms with van der Waals surface area (Å²) in [7, 11) is 2.17. The number of hydrogen-bond donors (Lipinski definition) is 1. The van der Waals surface area contributed by atoms with E-state index in [-0.39, 0.29) is 12.6 Å². The van der Waals surface area contributed by atoms with Gasteiger partial charge >= 0.3 is 0 Å². The zero-order chi connectivity index (χ0) is 12.5. The Morgan fingerprint density at radius 2 is 2.22 bits per heavy atom. The number of aliphatic hydroxyl groups is 1. The maximum absolute atomic E-state index is 9.40. The van der Waals surface area contributed by atoms with Crippen molar-refractivity contribution in [3.8, 4) is 0 Å². The fraction of sp³-hybridized carbons (Fsp3) is 0.846. The molecule has 2 atom stereocenters. The second kappa shape index (κ2) is 4.97. The number of aryl methyl sites for hydroxylation is 1. The molecule has 5 heteroatoms. The number of fused-ring (bicyclic) bond motifs is 1. The van der Waals surface area contributed by atoms with Crippen LogP contribution in [0.4, 0.5) is 0 Å². The third-order valence-electron chi connectivity index (χ3n) is 4.20. The second-order valence-electron chi connectivity index (χ2n) is 5.66. The van der Waals surface area contributed by atoms with Crippen LogP contribution in [0.15, 0.2) is 0 Å². The molecule has 0 aromatic carbocycles. The molecule has 0 amide bonds. The minimum atomic E-state index is 0.149. The Balaban J connectivity index is 1.83. The van der Waals surface area contributed by atoms with E-state index in [1.54, 1.807) is 0 Å². The Bertz CT molecular complexity index is 417. The Morgan fingerprint density at radius 1 is 1.33 bits per heavy atom. The van der Waals surface area contributed by atoms with Crippen molar-refractivity contribution < 1.29 is 5.11 Å². The molecule has 2 aliphatic rings. The van der Waals surface area contributed by atoms with E-state index in [0.717, 1.165) is 37.5 Å². The highest BCUT2D eigenvalue weighted by molar-refractivity contribution is 5.04. The van der Waals surface area contributed by atoms with Gasteiger partial charge in [-0.3, -0.25) is 0 Å². The molecule has 0 saturated carbocycles. The molecule has 0 radical (unpaired) electrons. The van der Waals surface area contributed by atoms with Crippen LogP contribution in [0, 0.1) is 0 Å². The normalized spacial score (nSPS) is 29.2. The van der Waals surface area contributed by atoms with Gasteiger partial charge in [-0.1, -0.05) is 0 Å². The van der Waals surface area contributed by atoms with E-state index < -0.39 is 0 Å². The minimum absolute atomic E-state index is 0.149. The van der Waals surface area contributed by atoms with Crippen LogP contribution in [0.5, 0.6) is 0 Å². The van der Waals surface area contributed by atoms with Crippen molar-refractivity contribution in [3.63, 3.8) is 0 Å². The van der Waals surface area contributed by atoms with Gasteiger partial charge in [-0.05, 0) is 39.3 Å². The lowest BCUT2D eigenvalue weighted by Gasteiger charge is -2.27. The maximum Gasteiger partial charge on any atom is 0.155 e. The third kappa shape index (κ3) is 2.17. The predicted octanol–water partition coefficient (Wildman–Crippen LogP) is 0.957. The molecule has 3 heterocycles. The highest BCUT2D eigenvalue weighted by atomic mass is 16.3. The first kappa shape index (κ1) is 12.1. The molecule has 3 rings (SSSR count). The fourth-order valence-corrected chi connectivity index (χ4v) is 3.17. The van der Waals surface area contributed by atoms with E-state index >= 15 is 0 Å². The molecule has 1 saturated heterocycles. The predicted molar refractivity (Wildman–Crippen MR) is 68.6 cm³/mol. The lowest BCUT2D eigenvalue weighted by Crippen LogP contribution is -2.31. The van der Waals surface area contributed by atoms with E-state index in [9.17, 15) is 5.11 Å². The van der Waals surface area contributed by atoms with Gasteiger partial charge in [0.05, 0.1) is 12.6 Å². The number of hydrogen-bond acceptors (Lipinski definition) is 4. The largest absolute Gasteiger partial charge is 0.394 e. The zero-order valence-corrected chi connectivity index (χ0v) is 11.0. The van der Waals surface area contributed by atoms with E-state index in [4.69, 9.17) is 4.98 Å². The molecule has 0 bridgehead atoms. The molecule has 2 unspecified atom stereocenters. The summed E-state index contributed by atoms with van der Waals surface area (Å²) in [5.41, 5.74) is 0. The maximum atomic E-state index is 9.40. The molecular weight excluding hydrogens is 228 g/mol. The summed E-state index contributed by atoms with van der Waals surface area (Å²) < 4.78 is 1.98. The van der Waals surface area contributed by atoms with E-state index in [2.05, 4.69) is 17.0 Å². The molecule has 0 spiro atoms. The highest BCUT2D eigenvalue weighted by Crippen LogP contribution is 2.28. The molecule has 1 fully saturated rings. The van der Waals surface area contributed by atoms with Crippen molar-refractivity contribution in [3.05, 3.63) is 11.6 Å². The molecular formula is C13H22N4O. The first-order valence-corrected chi connectivity index (χ1v) is 7.02. The van der Waals surface area contributed by atoms with Crippen molar-refractivity contribution in [1.82, 2.24) is 19.7 Å². The van der Waals surface area contributed by atoms with Gasteiger partial charge in [0.15, 0.2) is 5.82 Å². The number of nitrogens with zero attached hydrogens (tertiary/aromatic N) is 4. The SMILES string of the molecule is CN1CCCC(c2nc3n(n2)C(CO)CCC3)C1. The quantitative estimate of drug-likeness (QED) is 0.849. The summed E-state index contributed by atoms with van der Waals surface area (Å²) >= 11 is 0. The molecule has 18 heavy (non-hydrogen) atoms. The highest BCUT2D eigenvalue weighted by Gasteiger charge is 2.27. The molecule has 0 aliphatic carbocycles. The van der Waals surface area contributed by atoms with Gasteiger partial charge < -0.3 is 10.0 Å². The van der Waals surface area contributed by atoms with Crippen molar-refractivity contribution >= 4 is 0 Å². The number of likely N-dealkylation sites (N-methyl/N-ethyl adjacent to an activating group) is 1. The van der Waals surface area contributed by atoms with Gasteiger partial charge in [-0.2, -0.15) is 5.10 Å². The number of aliphatic hydroxyl groups excluding tert-OH is 1. The van der Waals surface area contributed by atoms with Crippen molar-refractivity contribution in [2.45, 2.75) is 44.1 Å². The third-order valence-corrected chi connectivity index (χ3v) is 4.20. The Hall–Kier alpha value is -0.940. The summed E-state index contributed by atoms with van der Waals surface area (Å²) in [6, 6.07) is 0.149. The molecule has 2 aliphatic heterocycles. The first-order chi connectivity index (χ1) is 8.78. The Morgan fingerprint density at radius 3 is 3.00 bits per heavy atom. The van der Waals surface area contributed by atoms with E-state index in [0.29, 0.717) is 5.92 Å². The first-order valence-electron chi connectivity index (χ1n) is 7.02. The lowest BCUT2D eigenvalue weighted by atomic mass is 9.98. The summed E-state index contributed by atoms with van der Waals surface area (Å²) in [5.74, 6) is 2.54. The summed E-state index contributed by atoms with van der Waals surface area (Å²) in [5, 5.41) is 14.1. The van der Waals surface area contributed by atoms with Gasteiger partial charge in [0.25, 0.3) is 0 Å². The van der Waals surface area contributed by atoms with E-state index in [1.165, 1.54) is 19.4 Å². The number of rotatable bonds is 2. The summed E-state index contributed by atoms with van der Waals surface area (Å²) in [6.07, 6.45) is 5.57. The number of piperidine rings is 1. The summed E-state index contributed by atoms with van der Waals surface area (Å²) in [4.78, 5) is 7.08. The molecule has 1 aromatic rings. The van der Waals surface area contributed by atoms with Crippen LogP contribution < -0.4 is 0 Å². The van der Waals surface area contributed by atoms with Crippen LogP contribution in [0.1, 0.15) is 49.3 Å². The van der Waals surface area contributed by atoms with Gasteiger partial charge in [0.2, 0.25) is 0 Å². The van der Waals surface area contributed by atoms with E-state index in [1.807, 2.05) is 4.68 Å². The van der Waals surface area contributed by atoms with Gasteiger partial charge in [-0.25, -0.2) is 9.67 Å². The molecule has 100 valence electrons. The van der Waals surface area contributed by atoms with Crippen LogP contribution in [0.25, 0.3) is 0 Å². The fourth-order valence-electron chi connectivity index (χ4n) is 3.17. The lowest BCUT2D eigenvalue weighted by molar-refractivity contribution is 0.193. The van der Waals surface area contributed by atoms with Gasteiger partial charge in [-0.15, -0.1) is 0 Å². The zero-order valence-electron chi connectivity index (χ0n) is 11.0. The van der Waals surface area contributed by atoms with Gasteiger partial charge in [0.1, 0.15) is 5.82 Å². The van der Waals surface area contributed by atoms with Crippen LogP contribution in [0.3, 0.4) is 0 Å².